The van der Waals surface area contributed by atoms with E-state index in [2.05, 4.69) is 5.32 Å². The summed E-state index contributed by atoms with van der Waals surface area (Å²) in [5.41, 5.74) is 6.01. The van der Waals surface area contributed by atoms with Gasteiger partial charge in [0.2, 0.25) is 0 Å². The number of carbonyl (C=O) groups is 1. The Morgan fingerprint density at radius 2 is 2.50 bits per heavy atom. The third-order valence-electron chi connectivity index (χ3n) is 1.13. The van der Waals surface area contributed by atoms with Crippen LogP contribution in [0.5, 0.6) is 0 Å². The smallest absolute Gasteiger partial charge is 0.263 e. The van der Waals surface area contributed by atoms with Crippen molar-refractivity contribution in [2.75, 3.05) is 12.8 Å². The highest BCUT2D eigenvalue weighted by atomic mass is 32.1. The summed E-state index contributed by atoms with van der Waals surface area (Å²) in [5.74, 6) is -0.118. The molecular formula is C6H8N2OS. The van der Waals surface area contributed by atoms with Crippen LogP contribution in [0.15, 0.2) is 11.4 Å². The van der Waals surface area contributed by atoms with E-state index in [9.17, 15) is 4.79 Å². The van der Waals surface area contributed by atoms with Crippen molar-refractivity contribution in [1.82, 2.24) is 5.32 Å². The molecule has 0 radical (unpaired) electrons. The number of nitrogens with two attached hydrogens (primary N) is 1. The Morgan fingerprint density at radius 1 is 1.80 bits per heavy atom. The lowest BCUT2D eigenvalue weighted by Crippen LogP contribution is -2.17. The number of thiophene rings is 1. The van der Waals surface area contributed by atoms with Crippen LogP contribution in [-0.4, -0.2) is 13.0 Å². The second-order valence-electron chi connectivity index (χ2n) is 1.78. The summed E-state index contributed by atoms with van der Waals surface area (Å²) in [5, 5.41) is 4.29. The lowest BCUT2D eigenvalue weighted by atomic mass is 10.4. The monoisotopic (exact) mass is 156 g/mol. The zero-order valence-electron chi connectivity index (χ0n) is 5.55. The molecule has 0 fully saturated rings. The predicted molar refractivity (Wildman–Crippen MR) is 42.1 cm³/mol. The summed E-state index contributed by atoms with van der Waals surface area (Å²) >= 11 is 1.35. The fourth-order valence-electron chi connectivity index (χ4n) is 0.617. The Labute approximate surface area is 62.9 Å². The molecule has 4 heteroatoms. The van der Waals surface area contributed by atoms with Gasteiger partial charge < -0.3 is 11.1 Å². The molecular weight excluding hydrogens is 148 g/mol. The fraction of sp³-hybridized carbons (Fsp3) is 0.167. The Balaban J connectivity index is 2.93. The van der Waals surface area contributed by atoms with E-state index in [0.29, 0.717) is 10.6 Å². The first kappa shape index (κ1) is 7.08. The molecule has 0 aliphatic heterocycles. The second-order valence-corrected chi connectivity index (χ2v) is 2.70. The molecule has 1 amide bonds. The van der Waals surface area contributed by atoms with Gasteiger partial charge in [-0.05, 0) is 11.4 Å². The minimum Gasteiger partial charge on any atom is -0.397 e. The number of nitrogen functional groups attached to an aromatic ring is 1. The molecule has 1 aromatic rings. The number of anilines is 1. The van der Waals surface area contributed by atoms with Gasteiger partial charge in [0.1, 0.15) is 4.88 Å². The van der Waals surface area contributed by atoms with Crippen LogP contribution in [0, 0.1) is 0 Å². The molecule has 3 N–H and O–H groups in total. The van der Waals surface area contributed by atoms with Gasteiger partial charge >= 0.3 is 0 Å². The number of nitrogens with one attached hydrogen (secondary N) is 1. The topological polar surface area (TPSA) is 55.1 Å². The molecule has 0 unspecified atom stereocenters. The number of carbonyl (C=O) groups excluding carboxylic acids is 1. The first-order chi connectivity index (χ1) is 4.75. The van der Waals surface area contributed by atoms with Gasteiger partial charge in [0, 0.05) is 7.05 Å². The summed E-state index contributed by atoms with van der Waals surface area (Å²) < 4.78 is 0. The van der Waals surface area contributed by atoms with Gasteiger partial charge in [-0.1, -0.05) is 0 Å². The summed E-state index contributed by atoms with van der Waals surface area (Å²) in [6.45, 7) is 0. The molecule has 0 atom stereocenters. The van der Waals surface area contributed by atoms with E-state index in [-0.39, 0.29) is 5.91 Å². The van der Waals surface area contributed by atoms with Gasteiger partial charge in [-0.3, -0.25) is 4.79 Å². The van der Waals surface area contributed by atoms with Crippen LogP contribution >= 0.6 is 11.3 Å². The third-order valence-corrected chi connectivity index (χ3v) is 2.06. The van der Waals surface area contributed by atoms with Crippen molar-refractivity contribution in [3.63, 3.8) is 0 Å². The molecule has 54 valence electrons. The average molecular weight is 156 g/mol. The predicted octanol–water partition coefficient (Wildman–Crippen LogP) is 0.690. The van der Waals surface area contributed by atoms with Crippen LogP contribution in [-0.2, 0) is 0 Å². The Bertz CT molecular complexity index is 244. The lowest BCUT2D eigenvalue weighted by Gasteiger charge is -1.94. The largest absolute Gasteiger partial charge is 0.397 e. The van der Waals surface area contributed by atoms with Crippen molar-refractivity contribution in [2.24, 2.45) is 0 Å². The molecule has 10 heavy (non-hydrogen) atoms. The van der Waals surface area contributed by atoms with Crippen LogP contribution in [0.1, 0.15) is 9.67 Å². The highest BCUT2D eigenvalue weighted by Gasteiger charge is 2.07. The van der Waals surface area contributed by atoms with E-state index in [4.69, 9.17) is 5.73 Å². The van der Waals surface area contributed by atoms with E-state index < -0.39 is 0 Å². The van der Waals surface area contributed by atoms with E-state index in [1.165, 1.54) is 11.3 Å². The van der Waals surface area contributed by atoms with E-state index in [1.54, 1.807) is 18.5 Å². The first-order valence-corrected chi connectivity index (χ1v) is 3.68. The van der Waals surface area contributed by atoms with Gasteiger partial charge in [0.15, 0.2) is 0 Å². The molecule has 1 rings (SSSR count). The molecule has 1 heterocycles. The molecule has 0 aliphatic rings. The Hall–Kier alpha value is -1.03. The molecule has 0 saturated heterocycles. The fourth-order valence-corrected chi connectivity index (χ4v) is 1.38. The molecule has 0 bridgehead atoms. The zero-order valence-corrected chi connectivity index (χ0v) is 6.37. The van der Waals surface area contributed by atoms with Crippen LogP contribution in [0.2, 0.25) is 0 Å². The van der Waals surface area contributed by atoms with Crippen molar-refractivity contribution in [2.45, 2.75) is 0 Å². The minimum atomic E-state index is -0.118. The summed E-state index contributed by atoms with van der Waals surface area (Å²) in [6, 6.07) is 1.72. The SMILES string of the molecule is CNC(=O)c1sccc1N. The third kappa shape index (κ3) is 1.11. The lowest BCUT2D eigenvalue weighted by molar-refractivity contribution is 0.0968. The summed E-state index contributed by atoms with van der Waals surface area (Å²) in [4.78, 5) is 11.5. The first-order valence-electron chi connectivity index (χ1n) is 2.80. The number of amides is 1. The molecule has 0 saturated carbocycles. The van der Waals surface area contributed by atoms with Gasteiger partial charge in [-0.15, -0.1) is 11.3 Å². The molecule has 1 aromatic heterocycles. The highest BCUT2D eigenvalue weighted by molar-refractivity contribution is 7.12. The zero-order chi connectivity index (χ0) is 7.56. The quantitative estimate of drug-likeness (QED) is 0.628. The Morgan fingerprint density at radius 3 is 2.90 bits per heavy atom. The molecule has 0 spiro atoms. The maximum Gasteiger partial charge on any atom is 0.263 e. The van der Waals surface area contributed by atoms with Crippen molar-refractivity contribution in [3.8, 4) is 0 Å². The van der Waals surface area contributed by atoms with Crippen LogP contribution in [0.3, 0.4) is 0 Å². The van der Waals surface area contributed by atoms with Crippen molar-refractivity contribution < 1.29 is 4.79 Å². The van der Waals surface area contributed by atoms with Gasteiger partial charge in [0.25, 0.3) is 5.91 Å². The van der Waals surface area contributed by atoms with E-state index in [1.807, 2.05) is 0 Å². The summed E-state index contributed by atoms with van der Waals surface area (Å²) in [6.07, 6.45) is 0. The highest BCUT2D eigenvalue weighted by Crippen LogP contribution is 2.17. The van der Waals surface area contributed by atoms with Crippen molar-refractivity contribution in [3.05, 3.63) is 16.3 Å². The standard InChI is InChI=1S/C6H8N2OS/c1-8-6(9)5-4(7)2-3-10-5/h2-3H,7H2,1H3,(H,8,9). The van der Waals surface area contributed by atoms with Gasteiger partial charge in [-0.2, -0.15) is 0 Å². The van der Waals surface area contributed by atoms with Crippen LogP contribution in [0.25, 0.3) is 0 Å². The number of hydrogen-bond donors (Lipinski definition) is 2. The van der Waals surface area contributed by atoms with Gasteiger partial charge in [-0.25, -0.2) is 0 Å². The van der Waals surface area contributed by atoms with Crippen LogP contribution in [0.4, 0.5) is 5.69 Å². The number of rotatable bonds is 1. The minimum absolute atomic E-state index is 0.118. The van der Waals surface area contributed by atoms with Crippen LogP contribution < -0.4 is 11.1 Å². The number of hydrogen-bond acceptors (Lipinski definition) is 3. The van der Waals surface area contributed by atoms with Crippen molar-refractivity contribution in [1.29, 1.82) is 0 Å². The van der Waals surface area contributed by atoms with Gasteiger partial charge in [0.05, 0.1) is 5.69 Å². The molecule has 0 aromatic carbocycles. The molecule has 3 nitrogen and oxygen atoms in total. The Kier molecular flexibility index (Phi) is 1.91. The maximum atomic E-state index is 10.9. The maximum absolute atomic E-state index is 10.9. The van der Waals surface area contributed by atoms with E-state index in [0.717, 1.165) is 0 Å². The van der Waals surface area contributed by atoms with Crippen molar-refractivity contribution >= 4 is 22.9 Å². The summed E-state index contributed by atoms with van der Waals surface area (Å²) in [7, 11) is 1.58. The molecule has 0 aliphatic carbocycles. The average Bonchev–Trinajstić information content (AvgIpc) is 2.34. The second kappa shape index (κ2) is 2.70. The van der Waals surface area contributed by atoms with E-state index >= 15 is 0 Å². The normalized spacial score (nSPS) is 9.30.